The van der Waals surface area contributed by atoms with Crippen LogP contribution in [0.1, 0.15) is 5.76 Å². The average molecular weight is 361 g/mol. The van der Waals surface area contributed by atoms with Gasteiger partial charge in [0.25, 0.3) is 0 Å². The van der Waals surface area contributed by atoms with Gasteiger partial charge in [-0.05, 0) is 65.0 Å². The van der Waals surface area contributed by atoms with E-state index in [0.29, 0.717) is 11.4 Å². The largest absolute Gasteiger partial charge is 0.497 e. The summed E-state index contributed by atoms with van der Waals surface area (Å²) >= 11 is 0. The number of furan rings is 1. The number of rotatable bonds is 5. The molecule has 0 aliphatic carbocycles. The van der Waals surface area contributed by atoms with Crippen LogP contribution < -0.4 is 10.1 Å². The van der Waals surface area contributed by atoms with E-state index in [1.807, 2.05) is 36.4 Å². The lowest BCUT2D eigenvalue weighted by molar-refractivity contribution is -0.111. The van der Waals surface area contributed by atoms with E-state index in [9.17, 15) is 4.79 Å². The van der Waals surface area contributed by atoms with Gasteiger partial charge in [0, 0.05) is 17.1 Å². The quantitative estimate of drug-likeness (QED) is 0.549. The fraction of sp³-hybridized carbons (Fsp3) is 0.0526. The predicted octanol–water partition coefficient (Wildman–Crippen LogP) is 3.07. The molecule has 2 heterocycles. The van der Waals surface area contributed by atoms with Crippen LogP contribution in [0.25, 0.3) is 22.7 Å². The van der Waals surface area contributed by atoms with Gasteiger partial charge in [0.05, 0.1) is 12.8 Å². The third-order valence-corrected chi connectivity index (χ3v) is 3.89. The Morgan fingerprint density at radius 3 is 2.78 bits per heavy atom. The first kappa shape index (κ1) is 16.5. The lowest BCUT2D eigenvalue weighted by Crippen LogP contribution is -2.07. The van der Waals surface area contributed by atoms with Crippen LogP contribution >= 0.6 is 0 Å². The Hall–Kier alpha value is -3.94. The molecule has 4 aromatic rings. The number of fused-ring (bicyclic) bond motifs is 1. The van der Waals surface area contributed by atoms with Crippen molar-refractivity contribution in [1.29, 1.82) is 0 Å². The second-order valence-corrected chi connectivity index (χ2v) is 5.68. The van der Waals surface area contributed by atoms with E-state index in [1.54, 1.807) is 25.3 Å². The summed E-state index contributed by atoms with van der Waals surface area (Å²) in [6.45, 7) is 0. The maximum atomic E-state index is 12.1. The van der Waals surface area contributed by atoms with E-state index in [1.165, 1.54) is 17.1 Å². The minimum atomic E-state index is -0.261. The summed E-state index contributed by atoms with van der Waals surface area (Å²) in [7, 11) is 1.61. The Labute approximate surface area is 154 Å². The number of amides is 1. The standard InChI is InChI=1S/C19H15N5O3/c1-26-16-6-8-18-13(10-16)11-17(27-18)7-9-19(25)21-14-2-4-15(5-3-14)24-12-20-22-23-24/h2-12H,1H3,(H,21,25)/b9-7+. The molecule has 8 heteroatoms. The fourth-order valence-corrected chi connectivity index (χ4v) is 2.57. The van der Waals surface area contributed by atoms with Gasteiger partial charge in [0.1, 0.15) is 23.4 Å². The van der Waals surface area contributed by atoms with Crippen LogP contribution in [0.15, 0.2) is 65.4 Å². The van der Waals surface area contributed by atoms with Gasteiger partial charge in [-0.1, -0.05) is 0 Å². The molecular weight excluding hydrogens is 346 g/mol. The number of ether oxygens (including phenoxy) is 1. The van der Waals surface area contributed by atoms with Crippen molar-refractivity contribution in [3.63, 3.8) is 0 Å². The third kappa shape index (κ3) is 3.69. The van der Waals surface area contributed by atoms with Crippen molar-refractivity contribution in [3.05, 3.63) is 66.7 Å². The third-order valence-electron chi connectivity index (χ3n) is 3.89. The van der Waals surface area contributed by atoms with Gasteiger partial charge in [0.2, 0.25) is 5.91 Å². The number of methoxy groups -OCH3 is 1. The zero-order valence-electron chi connectivity index (χ0n) is 14.4. The molecule has 2 aromatic carbocycles. The Morgan fingerprint density at radius 2 is 2.04 bits per heavy atom. The summed E-state index contributed by atoms with van der Waals surface area (Å²) in [5, 5.41) is 14.7. The molecule has 0 saturated heterocycles. The van der Waals surface area contributed by atoms with Gasteiger partial charge in [0.15, 0.2) is 0 Å². The maximum absolute atomic E-state index is 12.1. The number of benzene rings is 2. The van der Waals surface area contributed by atoms with Crippen LogP contribution in [-0.4, -0.2) is 33.2 Å². The number of anilines is 1. The van der Waals surface area contributed by atoms with Crippen LogP contribution in [-0.2, 0) is 4.79 Å². The zero-order valence-corrected chi connectivity index (χ0v) is 14.4. The molecule has 134 valence electrons. The van der Waals surface area contributed by atoms with Crippen molar-refractivity contribution in [2.24, 2.45) is 0 Å². The number of carbonyl (C=O) groups is 1. The van der Waals surface area contributed by atoms with E-state index < -0.39 is 0 Å². The Morgan fingerprint density at radius 1 is 1.19 bits per heavy atom. The van der Waals surface area contributed by atoms with Crippen LogP contribution in [0.5, 0.6) is 5.75 Å². The summed E-state index contributed by atoms with van der Waals surface area (Å²) in [5.74, 6) is 1.08. The van der Waals surface area contributed by atoms with Crippen molar-refractivity contribution >= 4 is 28.6 Å². The van der Waals surface area contributed by atoms with Gasteiger partial charge >= 0.3 is 0 Å². The molecule has 0 aliphatic heterocycles. The molecule has 0 radical (unpaired) electrons. The maximum Gasteiger partial charge on any atom is 0.248 e. The van der Waals surface area contributed by atoms with Gasteiger partial charge < -0.3 is 14.5 Å². The number of hydrogen-bond donors (Lipinski definition) is 1. The number of aromatic nitrogens is 4. The summed E-state index contributed by atoms with van der Waals surface area (Å²) in [4.78, 5) is 12.1. The average Bonchev–Trinajstić information content (AvgIpc) is 3.36. The molecule has 0 unspecified atom stereocenters. The Balaban J connectivity index is 1.43. The highest BCUT2D eigenvalue weighted by Gasteiger charge is 2.04. The predicted molar refractivity (Wildman–Crippen MR) is 99.6 cm³/mol. The minimum Gasteiger partial charge on any atom is -0.497 e. The van der Waals surface area contributed by atoms with Crippen molar-refractivity contribution in [2.75, 3.05) is 12.4 Å². The molecule has 0 atom stereocenters. The molecule has 0 aliphatic rings. The molecule has 2 aromatic heterocycles. The SMILES string of the molecule is COc1ccc2oc(/C=C/C(=O)Nc3ccc(-n4cnnn4)cc3)cc2c1. The first-order valence-electron chi connectivity index (χ1n) is 8.11. The lowest BCUT2D eigenvalue weighted by Gasteiger charge is -2.03. The fourth-order valence-electron chi connectivity index (χ4n) is 2.57. The molecule has 0 saturated carbocycles. The number of nitrogens with one attached hydrogen (secondary N) is 1. The number of nitrogens with zero attached hydrogens (tertiary/aromatic N) is 4. The van der Waals surface area contributed by atoms with Gasteiger partial charge in [-0.15, -0.1) is 5.10 Å². The first-order chi connectivity index (χ1) is 13.2. The molecule has 4 rings (SSSR count). The topological polar surface area (TPSA) is 95.1 Å². The number of carbonyl (C=O) groups excluding carboxylic acids is 1. The van der Waals surface area contributed by atoms with Crippen LogP contribution in [0.3, 0.4) is 0 Å². The second kappa shape index (κ2) is 7.12. The normalized spacial score (nSPS) is 11.1. The van der Waals surface area contributed by atoms with Gasteiger partial charge in [-0.3, -0.25) is 4.79 Å². The van der Waals surface area contributed by atoms with Crippen molar-refractivity contribution in [3.8, 4) is 11.4 Å². The van der Waals surface area contributed by atoms with Crippen LogP contribution in [0.2, 0.25) is 0 Å². The molecule has 8 nitrogen and oxygen atoms in total. The minimum absolute atomic E-state index is 0.261. The second-order valence-electron chi connectivity index (χ2n) is 5.68. The summed E-state index contributed by atoms with van der Waals surface area (Å²) in [6, 6.07) is 14.5. The molecule has 0 spiro atoms. The summed E-state index contributed by atoms with van der Waals surface area (Å²) in [6.07, 6.45) is 4.54. The smallest absolute Gasteiger partial charge is 0.248 e. The molecule has 1 amide bonds. The lowest BCUT2D eigenvalue weighted by atomic mass is 10.2. The number of hydrogen-bond acceptors (Lipinski definition) is 6. The highest BCUT2D eigenvalue weighted by atomic mass is 16.5. The Bertz CT molecular complexity index is 1100. The highest BCUT2D eigenvalue weighted by molar-refractivity contribution is 6.02. The van der Waals surface area contributed by atoms with Gasteiger partial charge in [-0.2, -0.15) is 0 Å². The van der Waals surface area contributed by atoms with Crippen molar-refractivity contribution in [1.82, 2.24) is 20.2 Å². The molecule has 0 bridgehead atoms. The van der Waals surface area contributed by atoms with Crippen molar-refractivity contribution < 1.29 is 13.9 Å². The van der Waals surface area contributed by atoms with E-state index in [-0.39, 0.29) is 5.91 Å². The molecule has 0 fully saturated rings. The summed E-state index contributed by atoms with van der Waals surface area (Å²) in [5.41, 5.74) is 2.19. The number of tetrazole rings is 1. The van der Waals surface area contributed by atoms with Crippen LogP contribution in [0.4, 0.5) is 5.69 Å². The van der Waals surface area contributed by atoms with Crippen LogP contribution in [0, 0.1) is 0 Å². The van der Waals surface area contributed by atoms with Gasteiger partial charge in [-0.25, -0.2) is 4.68 Å². The van der Waals surface area contributed by atoms with E-state index in [2.05, 4.69) is 20.8 Å². The van der Waals surface area contributed by atoms with Crippen molar-refractivity contribution in [2.45, 2.75) is 0 Å². The zero-order chi connectivity index (χ0) is 18.6. The van der Waals surface area contributed by atoms with E-state index in [4.69, 9.17) is 9.15 Å². The van der Waals surface area contributed by atoms with E-state index >= 15 is 0 Å². The first-order valence-corrected chi connectivity index (χ1v) is 8.11. The van der Waals surface area contributed by atoms with E-state index in [0.717, 1.165) is 22.4 Å². The Kier molecular flexibility index (Phi) is 4.36. The molecular formula is C19H15N5O3. The highest BCUT2D eigenvalue weighted by Crippen LogP contribution is 2.24. The molecule has 27 heavy (non-hydrogen) atoms. The monoisotopic (exact) mass is 361 g/mol. The summed E-state index contributed by atoms with van der Waals surface area (Å²) < 4.78 is 12.4. The molecule has 1 N–H and O–H groups in total.